The number of urea groups is 1. The van der Waals surface area contributed by atoms with Gasteiger partial charge in [-0.2, -0.15) is 13.2 Å². The molecule has 2 aromatic heterocycles. The summed E-state index contributed by atoms with van der Waals surface area (Å²) in [6.45, 7) is 0. The molecule has 2 heterocycles. The fourth-order valence-electron chi connectivity index (χ4n) is 2.55. The van der Waals surface area contributed by atoms with Gasteiger partial charge < -0.3 is 9.73 Å². The minimum absolute atomic E-state index is 0.236. The topological polar surface area (TPSA) is 67.2 Å². The summed E-state index contributed by atoms with van der Waals surface area (Å²) < 4.78 is 43.4. The van der Waals surface area contributed by atoms with Crippen LogP contribution in [0, 0.1) is 0 Å². The van der Waals surface area contributed by atoms with Crippen LogP contribution in [0.3, 0.4) is 0 Å². The Morgan fingerprint density at radius 1 is 1.04 bits per heavy atom. The van der Waals surface area contributed by atoms with Crippen molar-refractivity contribution in [2.75, 3.05) is 10.6 Å². The van der Waals surface area contributed by atoms with Gasteiger partial charge in [0, 0.05) is 16.5 Å². The Balaban J connectivity index is 1.42. The molecule has 4 aromatic rings. The van der Waals surface area contributed by atoms with Crippen molar-refractivity contribution in [2.24, 2.45) is 0 Å². The Kier molecular flexibility index (Phi) is 4.52. The van der Waals surface area contributed by atoms with Gasteiger partial charge in [0.15, 0.2) is 10.9 Å². The van der Waals surface area contributed by atoms with Crippen molar-refractivity contribution in [2.45, 2.75) is 6.18 Å². The largest absolute Gasteiger partial charge is 0.454 e. The zero-order chi connectivity index (χ0) is 19.7. The maximum Gasteiger partial charge on any atom is 0.416 e. The molecule has 9 heteroatoms. The highest BCUT2D eigenvalue weighted by molar-refractivity contribution is 7.14. The number of hydrogen-bond acceptors (Lipinski definition) is 4. The number of aromatic nitrogens is 1. The van der Waals surface area contributed by atoms with E-state index in [0.717, 1.165) is 23.1 Å². The number of halogens is 3. The number of para-hydroxylation sites is 1. The summed E-state index contributed by atoms with van der Waals surface area (Å²) in [5.41, 5.74) is 0.763. The van der Waals surface area contributed by atoms with Crippen molar-refractivity contribution in [3.05, 3.63) is 65.5 Å². The van der Waals surface area contributed by atoms with Crippen molar-refractivity contribution in [1.82, 2.24) is 4.98 Å². The van der Waals surface area contributed by atoms with Gasteiger partial charge in [-0.25, -0.2) is 9.78 Å². The van der Waals surface area contributed by atoms with Gasteiger partial charge in [-0.15, -0.1) is 11.3 Å². The van der Waals surface area contributed by atoms with E-state index in [4.69, 9.17) is 4.42 Å². The van der Waals surface area contributed by atoms with Gasteiger partial charge in [0.05, 0.1) is 5.56 Å². The van der Waals surface area contributed by atoms with E-state index >= 15 is 0 Å². The molecule has 2 N–H and O–H groups in total. The zero-order valence-electron chi connectivity index (χ0n) is 14.1. The van der Waals surface area contributed by atoms with Crippen LogP contribution >= 0.6 is 11.3 Å². The molecule has 0 atom stereocenters. The number of rotatable bonds is 3. The lowest BCUT2D eigenvalue weighted by Gasteiger charge is -2.08. The summed E-state index contributed by atoms with van der Waals surface area (Å²) in [7, 11) is 0. The number of alkyl halides is 3. The van der Waals surface area contributed by atoms with Gasteiger partial charge in [-0.3, -0.25) is 5.32 Å². The van der Waals surface area contributed by atoms with E-state index in [1.807, 2.05) is 30.3 Å². The lowest BCUT2D eigenvalue weighted by molar-refractivity contribution is -0.137. The third-order valence-corrected chi connectivity index (χ3v) is 4.63. The van der Waals surface area contributed by atoms with E-state index in [2.05, 4.69) is 15.6 Å². The highest BCUT2D eigenvalue weighted by Crippen LogP contribution is 2.31. The standard InChI is InChI=1S/C19H12F3N3O2S/c20-19(21,22)12-5-7-13(8-6-12)23-17(26)25-18-24-14(10-28-18)16-9-11-3-1-2-4-15(11)27-16/h1-10H,(H2,23,24,25,26). The van der Waals surface area contributed by atoms with E-state index in [-0.39, 0.29) is 5.69 Å². The molecule has 0 aliphatic rings. The summed E-state index contributed by atoms with van der Waals surface area (Å²) >= 11 is 1.21. The number of hydrogen-bond donors (Lipinski definition) is 2. The van der Waals surface area contributed by atoms with Gasteiger partial charge in [-0.1, -0.05) is 18.2 Å². The Morgan fingerprint density at radius 2 is 1.79 bits per heavy atom. The summed E-state index contributed by atoms with van der Waals surface area (Å²) in [6, 6.07) is 13.0. The van der Waals surface area contributed by atoms with Crippen molar-refractivity contribution >= 4 is 39.2 Å². The Bertz CT molecular complexity index is 1100. The molecule has 5 nitrogen and oxygen atoms in total. The van der Waals surface area contributed by atoms with Crippen molar-refractivity contribution in [1.29, 1.82) is 0 Å². The van der Waals surface area contributed by atoms with E-state index in [1.54, 1.807) is 5.38 Å². The van der Waals surface area contributed by atoms with Crippen LogP contribution < -0.4 is 10.6 Å². The second-order valence-electron chi connectivity index (χ2n) is 5.84. The second kappa shape index (κ2) is 7.01. The normalized spacial score (nSPS) is 11.5. The van der Waals surface area contributed by atoms with Crippen LogP contribution in [0.5, 0.6) is 0 Å². The molecule has 2 aromatic carbocycles. The monoisotopic (exact) mass is 403 g/mol. The summed E-state index contributed by atoms with van der Waals surface area (Å²) in [5, 5.41) is 8.04. The average molecular weight is 403 g/mol. The highest BCUT2D eigenvalue weighted by Gasteiger charge is 2.30. The molecule has 0 fully saturated rings. The molecule has 4 rings (SSSR count). The maximum absolute atomic E-state index is 12.6. The molecule has 142 valence electrons. The van der Waals surface area contributed by atoms with Gasteiger partial charge in [-0.05, 0) is 36.4 Å². The number of carbonyl (C=O) groups is 1. The molecule has 0 saturated carbocycles. The Morgan fingerprint density at radius 3 is 2.50 bits per heavy atom. The molecule has 0 radical (unpaired) electrons. The summed E-state index contributed by atoms with van der Waals surface area (Å²) in [5.74, 6) is 0.577. The smallest absolute Gasteiger partial charge is 0.416 e. The molecular formula is C19H12F3N3O2S. The molecular weight excluding hydrogens is 391 g/mol. The van der Waals surface area contributed by atoms with Crippen molar-refractivity contribution in [3.8, 4) is 11.5 Å². The van der Waals surface area contributed by atoms with Gasteiger partial charge >= 0.3 is 12.2 Å². The number of fused-ring (bicyclic) bond motifs is 1. The van der Waals surface area contributed by atoms with Crippen LogP contribution in [0.2, 0.25) is 0 Å². The van der Waals surface area contributed by atoms with Crippen LogP contribution in [0.4, 0.5) is 28.8 Å². The van der Waals surface area contributed by atoms with Crippen LogP contribution in [-0.2, 0) is 6.18 Å². The predicted octanol–water partition coefficient (Wildman–Crippen LogP) is 6.22. The number of nitrogens with one attached hydrogen (secondary N) is 2. The van der Waals surface area contributed by atoms with Gasteiger partial charge in [0.1, 0.15) is 11.3 Å². The van der Waals surface area contributed by atoms with Crippen LogP contribution in [-0.4, -0.2) is 11.0 Å². The molecule has 0 saturated heterocycles. The molecule has 0 aliphatic carbocycles. The molecule has 28 heavy (non-hydrogen) atoms. The highest BCUT2D eigenvalue weighted by atomic mass is 32.1. The van der Waals surface area contributed by atoms with Gasteiger partial charge in [0.2, 0.25) is 0 Å². The zero-order valence-corrected chi connectivity index (χ0v) is 14.9. The first kappa shape index (κ1) is 18.1. The molecule has 0 unspecified atom stereocenters. The number of carbonyl (C=O) groups excluding carboxylic acids is 1. The minimum atomic E-state index is -4.42. The lowest BCUT2D eigenvalue weighted by atomic mass is 10.2. The first-order valence-corrected chi connectivity index (χ1v) is 8.96. The van der Waals surface area contributed by atoms with Crippen molar-refractivity contribution in [3.63, 3.8) is 0 Å². The lowest BCUT2D eigenvalue weighted by Crippen LogP contribution is -2.19. The molecule has 2 amide bonds. The predicted molar refractivity (Wildman–Crippen MR) is 101 cm³/mol. The third-order valence-electron chi connectivity index (χ3n) is 3.87. The number of anilines is 2. The van der Waals surface area contributed by atoms with Crippen molar-refractivity contribution < 1.29 is 22.4 Å². The number of amides is 2. The van der Waals surface area contributed by atoms with Gasteiger partial charge in [0.25, 0.3) is 0 Å². The molecule has 0 bridgehead atoms. The fourth-order valence-corrected chi connectivity index (χ4v) is 3.25. The quantitative estimate of drug-likeness (QED) is 0.427. The average Bonchev–Trinajstić information content (AvgIpc) is 3.27. The van der Waals surface area contributed by atoms with Crippen LogP contribution in [0.1, 0.15) is 5.56 Å². The summed E-state index contributed by atoms with van der Waals surface area (Å²) in [4.78, 5) is 16.4. The van der Waals surface area contributed by atoms with E-state index in [0.29, 0.717) is 16.6 Å². The fraction of sp³-hybridized carbons (Fsp3) is 0.0526. The second-order valence-corrected chi connectivity index (χ2v) is 6.70. The SMILES string of the molecule is O=C(Nc1ccc(C(F)(F)F)cc1)Nc1nc(-c2cc3ccccc3o2)cs1. The number of nitrogens with zero attached hydrogens (tertiary/aromatic N) is 1. The Hall–Kier alpha value is -3.33. The summed E-state index contributed by atoms with van der Waals surface area (Å²) in [6.07, 6.45) is -4.42. The number of benzene rings is 2. The first-order chi connectivity index (χ1) is 13.4. The Labute approximate surface area is 160 Å². The number of thiazole rings is 1. The molecule has 0 spiro atoms. The van der Waals surface area contributed by atoms with E-state index < -0.39 is 17.8 Å². The van der Waals surface area contributed by atoms with Crippen LogP contribution in [0.15, 0.2) is 64.4 Å². The van der Waals surface area contributed by atoms with Crippen LogP contribution in [0.25, 0.3) is 22.4 Å². The number of furan rings is 1. The van der Waals surface area contributed by atoms with E-state index in [9.17, 15) is 18.0 Å². The maximum atomic E-state index is 12.6. The third kappa shape index (κ3) is 3.84. The minimum Gasteiger partial charge on any atom is -0.454 e. The van der Waals surface area contributed by atoms with E-state index in [1.165, 1.54) is 23.5 Å². The molecule has 0 aliphatic heterocycles. The first-order valence-electron chi connectivity index (χ1n) is 8.08.